The third-order valence-electron chi connectivity index (χ3n) is 17.1. The van der Waals surface area contributed by atoms with Crippen molar-refractivity contribution in [3.8, 4) is 0 Å². The highest BCUT2D eigenvalue weighted by Crippen LogP contribution is 2.30. The first kappa shape index (κ1) is 74.1. The molecule has 470 valence electrons. The molecular weight excluding hydrogens is 1000 g/mol. The van der Waals surface area contributed by atoms with Crippen molar-refractivity contribution < 1.29 is 64.6 Å². The summed E-state index contributed by atoms with van der Waals surface area (Å²) in [6.07, 6.45) is 42.5. The molecular formula is C65H127NO13. The Morgan fingerprint density at radius 1 is 0.405 bits per heavy atom. The van der Waals surface area contributed by atoms with Gasteiger partial charge >= 0.3 is 0 Å². The van der Waals surface area contributed by atoms with Gasteiger partial charge in [0.15, 0.2) is 12.6 Å². The standard InChI is InChI=1S/C65H127NO13/c1-3-5-7-9-11-13-15-17-19-21-23-25-26-27-29-30-32-34-36-38-40-42-44-46-48-54(69)53(52-76-64-62(75)60(73)63(56(51-68)78-64)79-65-61(74)59(72)58(71)55(50-67)77-65)66-57(70)49-47-45-43-41-39-37-35-33-31-28-24-22-20-18-16-14-12-10-8-6-4-2/h53-56,58-65,67-69,71-75H,3-52H2,1-2H3,(H,66,70). The van der Waals surface area contributed by atoms with Gasteiger partial charge in [-0.05, 0) is 12.8 Å². The van der Waals surface area contributed by atoms with E-state index < -0.39 is 86.8 Å². The average molecular weight is 1130 g/mol. The van der Waals surface area contributed by atoms with Crippen LogP contribution < -0.4 is 5.32 Å². The van der Waals surface area contributed by atoms with E-state index in [-0.39, 0.29) is 12.5 Å². The van der Waals surface area contributed by atoms with E-state index in [0.29, 0.717) is 12.8 Å². The van der Waals surface area contributed by atoms with E-state index in [1.54, 1.807) is 0 Å². The average Bonchev–Trinajstić information content (AvgIpc) is 3.47. The number of aliphatic hydroxyl groups excluding tert-OH is 8. The third-order valence-corrected chi connectivity index (χ3v) is 17.1. The van der Waals surface area contributed by atoms with Crippen LogP contribution in [0, 0.1) is 0 Å². The molecule has 0 aromatic carbocycles. The molecule has 2 saturated heterocycles. The van der Waals surface area contributed by atoms with Crippen molar-refractivity contribution >= 4 is 5.91 Å². The Labute approximate surface area is 483 Å². The summed E-state index contributed by atoms with van der Waals surface area (Å²) < 4.78 is 22.9. The van der Waals surface area contributed by atoms with E-state index in [1.807, 2.05) is 0 Å². The summed E-state index contributed by atoms with van der Waals surface area (Å²) in [5, 5.41) is 87.5. The van der Waals surface area contributed by atoms with Crippen LogP contribution in [0.1, 0.15) is 316 Å². The smallest absolute Gasteiger partial charge is 0.220 e. The number of hydrogen-bond donors (Lipinski definition) is 9. The molecule has 2 heterocycles. The van der Waals surface area contributed by atoms with Gasteiger partial charge in [-0.2, -0.15) is 0 Å². The Hall–Kier alpha value is -1.01. The third kappa shape index (κ3) is 36.4. The van der Waals surface area contributed by atoms with Crippen LogP contribution in [0.15, 0.2) is 0 Å². The number of unbranched alkanes of at least 4 members (excludes halogenated alkanes) is 43. The van der Waals surface area contributed by atoms with E-state index >= 15 is 0 Å². The largest absolute Gasteiger partial charge is 0.394 e. The Morgan fingerprint density at radius 2 is 0.722 bits per heavy atom. The molecule has 0 spiro atoms. The Balaban J connectivity index is 1.69. The van der Waals surface area contributed by atoms with Gasteiger partial charge in [-0.25, -0.2) is 0 Å². The van der Waals surface area contributed by atoms with Crippen molar-refractivity contribution in [2.45, 2.75) is 389 Å². The lowest BCUT2D eigenvalue weighted by Crippen LogP contribution is -2.65. The van der Waals surface area contributed by atoms with Gasteiger partial charge in [0.05, 0.1) is 32.0 Å². The first-order valence-corrected chi connectivity index (χ1v) is 33.8. The van der Waals surface area contributed by atoms with Gasteiger partial charge in [0.25, 0.3) is 0 Å². The maximum atomic E-state index is 13.3. The van der Waals surface area contributed by atoms with Crippen LogP contribution in [-0.2, 0) is 23.7 Å². The zero-order valence-corrected chi connectivity index (χ0v) is 50.9. The fourth-order valence-corrected chi connectivity index (χ4v) is 11.7. The lowest BCUT2D eigenvalue weighted by Gasteiger charge is -2.46. The molecule has 0 saturated carbocycles. The van der Waals surface area contributed by atoms with Crippen LogP contribution in [0.5, 0.6) is 0 Å². The minimum absolute atomic E-state index is 0.198. The van der Waals surface area contributed by atoms with Crippen LogP contribution in [0.4, 0.5) is 0 Å². The molecule has 79 heavy (non-hydrogen) atoms. The monoisotopic (exact) mass is 1130 g/mol. The Bertz CT molecular complexity index is 1330. The molecule has 9 N–H and O–H groups in total. The van der Waals surface area contributed by atoms with E-state index in [1.165, 1.54) is 238 Å². The summed E-state index contributed by atoms with van der Waals surface area (Å²) in [7, 11) is 0. The van der Waals surface area contributed by atoms with E-state index in [4.69, 9.17) is 18.9 Å². The number of carbonyl (C=O) groups excluding carboxylic acids is 1. The van der Waals surface area contributed by atoms with Gasteiger partial charge < -0.3 is 65.1 Å². The second-order valence-electron chi connectivity index (χ2n) is 24.3. The second-order valence-corrected chi connectivity index (χ2v) is 24.3. The number of nitrogens with one attached hydrogen (secondary N) is 1. The van der Waals surface area contributed by atoms with Crippen LogP contribution in [-0.4, -0.2) is 140 Å². The summed E-state index contributed by atoms with van der Waals surface area (Å²) in [5.74, 6) is -0.198. The quantitative estimate of drug-likeness (QED) is 0.0259. The lowest BCUT2D eigenvalue weighted by atomic mass is 9.97. The number of rotatable bonds is 56. The summed E-state index contributed by atoms with van der Waals surface area (Å²) in [6.45, 7) is 2.92. The molecule has 2 aliphatic rings. The van der Waals surface area contributed by atoms with Crippen LogP contribution >= 0.6 is 0 Å². The molecule has 0 radical (unpaired) electrons. The summed E-state index contributed by atoms with van der Waals surface area (Å²) in [4.78, 5) is 13.3. The first-order chi connectivity index (χ1) is 38.6. The fourth-order valence-electron chi connectivity index (χ4n) is 11.7. The van der Waals surface area contributed by atoms with E-state index in [0.717, 1.165) is 51.4 Å². The number of carbonyl (C=O) groups is 1. The van der Waals surface area contributed by atoms with Crippen molar-refractivity contribution in [1.29, 1.82) is 0 Å². The van der Waals surface area contributed by atoms with Crippen LogP contribution in [0.2, 0.25) is 0 Å². The molecule has 2 rings (SSSR count). The fraction of sp³-hybridized carbons (Fsp3) is 0.985. The molecule has 1 amide bonds. The molecule has 0 aliphatic carbocycles. The van der Waals surface area contributed by atoms with Crippen molar-refractivity contribution in [3.63, 3.8) is 0 Å². The van der Waals surface area contributed by atoms with Gasteiger partial charge in [-0.15, -0.1) is 0 Å². The van der Waals surface area contributed by atoms with Crippen molar-refractivity contribution in [3.05, 3.63) is 0 Å². The summed E-state index contributed by atoms with van der Waals surface area (Å²) in [6, 6.07) is -0.824. The minimum Gasteiger partial charge on any atom is -0.394 e. The number of hydrogen-bond acceptors (Lipinski definition) is 13. The first-order valence-electron chi connectivity index (χ1n) is 33.8. The summed E-state index contributed by atoms with van der Waals surface area (Å²) in [5.41, 5.74) is 0. The number of aliphatic hydroxyl groups is 8. The molecule has 0 aromatic heterocycles. The maximum Gasteiger partial charge on any atom is 0.220 e. The highest BCUT2D eigenvalue weighted by Gasteiger charge is 2.51. The van der Waals surface area contributed by atoms with Crippen molar-refractivity contribution in [2.75, 3.05) is 19.8 Å². The molecule has 12 atom stereocenters. The Morgan fingerprint density at radius 3 is 1.08 bits per heavy atom. The zero-order valence-electron chi connectivity index (χ0n) is 50.9. The van der Waals surface area contributed by atoms with Crippen LogP contribution in [0.25, 0.3) is 0 Å². The van der Waals surface area contributed by atoms with Gasteiger partial charge in [-0.3, -0.25) is 4.79 Å². The number of ether oxygens (including phenoxy) is 4. The minimum atomic E-state index is -1.78. The molecule has 0 bridgehead atoms. The highest BCUT2D eigenvalue weighted by molar-refractivity contribution is 5.76. The molecule has 0 aromatic rings. The molecule has 2 fully saturated rings. The van der Waals surface area contributed by atoms with Gasteiger partial charge in [-0.1, -0.05) is 296 Å². The molecule has 12 unspecified atom stereocenters. The van der Waals surface area contributed by atoms with Crippen LogP contribution in [0.3, 0.4) is 0 Å². The van der Waals surface area contributed by atoms with Gasteiger partial charge in [0.2, 0.25) is 5.91 Å². The van der Waals surface area contributed by atoms with Gasteiger partial charge in [0.1, 0.15) is 48.8 Å². The lowest BCUT2D eigenvalue weighted by molar-refractivity contribution is -0.359. The van der Waals surface area contributed by atoms with Crippen molar-refractivity contribution in [2.24, 2.45) is 0 Å². The molecule has 14 nitrogen and oxygen atoms in total. The molecule has 14 heteroatoms. The number of amides is 1. The normalized spacial score (nSPS) is 24.3. The van der Waals surface area contributed by atoms with E-state index in [2.05, 4.69) is 19.2 Å². The van der Waals surface area contributed by atoms with Crippen molar-refractivity contribution in [1.82, 2.24) is 5.32 Å². The SMILES string of the molecule is CCCCCCCCCCCCCCCCCCCCCCCCCCC(O)C(COC1OC(CO)C(OC2OC(CO)C(O)C(O)C2O)C(O)C1O)NC(=O)CCCCCCCCCCCCCCCCCCCCCCC. The highest BCUT2D eigenvalue weighted by atomic mass is 16.7. The van der Waals surface area contributed by atoms with E-state index in [9.17, 15) is 45.6 Å². The summed E-state index contributed by atoms with van der Waals surface area (Å²) >= 11 is 0. The maximum absolute atomic E-state index is 13.3. The molecule has 2 aliphatic heterocycles. The topological polar surface area (TPSA) is 228 Å². The predicted molar refractivity (Wildman–Crippen MR) is 319 cm³/mol. The zero-order chi connectivity index (χ0) is 57.4. The van der Waals surface area contributed by atoms with Gasteiger partial charge in [0, 0.05) is 6.42 Å². The predicted octanol–water partition coefficient (Wildman–Crippen LogP) is 12.8. The Kier molecular flexibility index (Phi) is 48.2. The second kappa shape index (κ2) is 51.4.